The van der Waals surface area contributed by atoms with Crippen molar-refractivity contribution in [3.05, 3.63) is 60.8 Å². The molecule has 1 amide bonds. The van der Waals surface area contributed by atoms with Crippen molar-refractivity contribution in [3.8, 4) is 5.75 Å². The zero-order chi connectivity index (χ0) is 18.6. The van der Waals surface area contributed by atoms with E-state index in [0.29, 0.717) is 22.3 Å². The lowest BCUT2D eigenvalue weighted by Gasteiger charge is -2.10. The zero-order valence-electron chi connectivity index (χ0n) is 14.0. The van der Waals surface area contributed by atoms with Gasteiger partial charge >= 0.3 is 0 Å². The molecule has 0 saturated heterocycles. The fourth-order valence-electron chi connectivity index (χ4n) is 2.41. The second kappa shape index (κ2) is 7.51. The fourth-order valence-corrected chi connectivity index (χ4v) is 3.57. The van der Waals surface area contributed by atoms with Crippen molar-refractivity contribution >= 4 is 32.5 Å². The Hall–Kier alpha value is -2.97. The lowest BCUT2D eigenvalue weighted by Crippen LogP contribution is -2.33. The summed E-state index contributed by atoms with van der Waals surface area (Å²) in [4.78, 5) is 16.2. The number of fused-ring (bicyclic) bond motifs is 1. The van der Waals surface area contributed by atoms with Crippen molar-refractivity contribution in [2.45, 2.75) is 4.90 Å². The van der Waals surface area contributed by atoms with Gasteiger partial charge in [0.05, 0.1) is 19.2 Å². The van der Waals surface area contributed by atoms with Crippen LogP contribution in [0.15, 0.2) is 65.7 Å². The number of hydrogen-bond donors (Lipinski definition) is 2. The summed E-state index contributed by atoms with van der Waals surface area (Å²) in [6.07, 6.45) is 1.53. The molecule has 0 spiro atoms. The van der Waals surface area contributed by atoms with Crippen molar-refractivity contribution in [2.75, 3.05) is 19.0 Å². The highest BCUT2D eigenvalue weighted by Crippen LogP contribution is 2.20. The minimum Gasteiger partial charge on any atom is -0.497 e. The van der Waals surface area contributed by atoms with Crippen LogP contribution in [-0.2, 0) is 14.8 Å². The second-order valence-corrected chi connectivity index (χ2v) is 7.17. The molecule has 0 saturated carbocycles. The maximum Gasteiger partial charge on any atom is 0.243 e. The number of carbonyl (C=O) groups is 1. The predicted octanol–water partition coefficient (Wildman–Crippen LogP) is 2.16. The van der Waals surface area contributed by atoms with Gasteiger partial charge in [0.25, 0.3) is 0 Å². The molecule has 0 atom stereocenters. The van der Waals surface area contributed by atoms with Crippen molar-refractivity contribution in [2.24, 2.45) is 0 Å². The summed E-state index contributed by atoms with van der Waals surface area (Å²) in [6.45, 7) is -0.391. The number of para-hydroxylation sites is 1. The standard InChI is InChI=1S/C18H17N3O4S/c1-25-15-9-7-14(8-10-15)21-17(22)12-20-26(23,24)16-6-2-4-13-5-3-11-19-18(13)16/h2-11,20H,12H2,1H3,(H,21,22). The molecule has 2 aromatic carbocycles. The maximum atomic E-state index is 12.5. The summed E-state index contributed by atoms with van der Waals surface area (Å²) in [7, 11) is -2.33. The van der Waals surface area contributed by atoms with Crippen LogP contribution in [0.1, 0.15) is 0 Å². The Morgan fingerprint density at radius 3 is 2.54 bits per heavy atom. The van der Waals surface area contributed by atoms with Gasteiger partial charge in [-0.25, -0.2) is 13.1 Å². The third-order valence-electron chi connectivity index (χ3n) is 3.68. The van der Waals surface area contributed by atoms with E-state index in [1.54, 1.807) is 55.6 Å². The summed E-state index contributed by atoms with van der Waals surface area (Å²) in [5, 5.41) is 3.32. The number of pyridine rings is 1. The highest BCUT2D eigenvalue weighted by molar-refractivity contribution is 7.89. The molecule has 0 aliphatic heterocycles. The van der Waals surface area contributed by atoms with Crippen LogP contribution in [0, 0.1) is 0 Å². The number of benzene rings is 2. The van der Waals surface area contributed by atoms with Gasteiger partial charge in [0.1, 0.15) is 10.6 Å². The molecule has 0 aliphatic rings. The average Bonchev–Trinajstić information content (AvgIpc) is 2.66. The molecule has 3 aromatic rings. The summed E-state index contributed by atoms with van der Waals surface area (Å²) in [5.74, 6) is 0.180. The number of anilines is 1. The summed E-state index contributed by atoms with van der Waals surface area (Å²) < 4.78 is 32.4. The Morgan fingerprint density at radius 1 is 1.08 bits per heavy atom. The predicted molar refractivity (Wildman–Crippen MR) is 98.6 cm³/mol. The van der Waals surface area contributed by atoms with Gasteiger partial charge in [0, 0.05) is 17.3 Å². The summed E-state index contributed by atoms with van der Waals surface area (Å²) >= 11 is 0. The molecule has 0 fully saturated rings. The van der Waals surface area contributed by atoms with Crippen LogP contribution in [0.3, 0.4) is 0 Å². The topological polar surface area (TPSA) is 97.4 Å². The van der Waals surface area contributed by atoms with Crippen LogP contribution in [0.2, 0.25) is 0 Å². The summed E-state index contributed by atoms with van der Waals surface area (Å²) in [5.41, 5.74) is 0.903. The third kappa shape index (κ3) is 3.98. The van der Waals surface area contributed by atoms with Gasteiger partial charge in [-0.2, -0.15) is 0 Å². The Balaban J connectivity index is 1.70. The van der Waals surface area contributed by atoms with Gasteiger partial charge in [-0.05, 0) is 36.4 Å². The smallest absolute Gasteiger partial charge is 0.243 e. The molecule has 0 bridgehead atoms. The van der Waals surface area contributed by atoms with E-state index in [1.165, 1.54) is 12.3 Å². The first kappa shape index (κ1) is 17.8. The Morgan fingerprint density at radius 2 is 1.81 bits per heavy atom. The van der Waals surface area contributed by atoms with E-state index >= 15 is 0 Å². The summed E-state index contributed by atoms with van der Waals surface area (Å²) in [6, 6.07) is 15.1. The van der Waals surface area contributed by atoms with E-state index in [1.807, 2.05) is 0 Å². The van der Waals surface area contributed by atoms with Crippen LogP contribution < -0.4 is 14.8 Å². The number of nitrogens with one attached hydrogen (secondary N) is 2. The van der Waals surface area contributed by atoms with Crippen molar-refractivity contribution in [3.63, 3.8) is 0 Å². The minimum absolute atomic E-state index is 0.0350. The Bertz CT molecular complexity index is 1030. The van der Waals surface area contributed by atoms with Gasteiger partial charge in [-0.15, -0.1) is 0 Å². The number of amides is 1. The molecular weight excluding hydrogens is 354 g/mol. The van der Waals surface area contributed by atoms with E-state index in [9.17, 15) is 13.2 Å². The molecule has 1 heterocycles. The third-order valence-corrected chi connectivity index (χ3v) is 5.11. The quantitative estimate of drug-likeness (QED) is 0.692. The maximum absolute atomic E-state index is 12.5. The van der Waals surface area contributed by atoms with E-state index in [-0.39, 0.29) is 4.90 Å². The van der Waals surface area contributed by atoms with Gasteiger partial charge in [-0.1, -0.05) is 18.2 Å². The van der Waals surface area contributed by atoms with Crippen LogP contribution in [-0.4, -0.2) is 33.0 Å². The Labute approximate surface area is 151 Å². The van der Waals surface area contributed by atoms with Gasteiger partial charge in [0.15, 0.2) is 0 Å². The number of aromatic nitrogens is 1. The van der Waals surface area contributed by atoms with E-state index in [0.717, 1.165) is 0 Å². The highest BCUT2D eigenvalue weighted by Gasteiger charge is 2.19. The van der Waals surface area contributed by atoms with E-state index in [4.69, 9.17) is 4.74 Å². The van der Waals surface area contributed by atoms with Crippen molar-refractivity contribution in [1.29, 1.82) is 0 Å². The zero-order valence-corrected chi connectivity index (χ0v) is 14.8. The number of hydrogen-bond acceptors (Lipinski definition) is 5. The number of ether oxygens (including phenoxy) is 1. The van der Waals surface area contributed by atoms with Gasteiger partial charge < -0.3 is 10.1 Å². The molecule has 8 heteroatoms. The largest absolute Gasteiger partial charge is 0.497 e. The molecule has 0 aliphatic carbocycles. The van der Waals surface area contributed by atoms with Gasteiger partial charge in [0.2, 0.25) is 15.9 Å². The fraction of sp³-hybridized carbons (Fsp3) is 0.111. The van der Waals surface area contributed by atoms with Crippen LogP contribution in [0.25, 0.3) is 10.9 Å². The van der Waals surface area contributed by atoms with Crippen LogP contribution >= 0.6 is 0 Å². The van der Waals surface area contributed by atoms with Crippen molar-refractivity contribution < 1.29 is 17.9 Å². The van der Waals surface area contributed by atoms with Gasteiger partial charge in [-0.3, -0.25) is 9.78 Å². The number of carbonyl (C=O) groups excluding carboxylic acids is 1. The monoisotopic (exact) mass is 371 g/mol. The number of sulfonamides is 1. The SMILES string of the molecule is COc1ccc(NC(=O)CNS(=O)(=O)c2cccc3cccnc23)cc1. The number of rotatable bonds is 6. The molecule has 26 heavy (non-hydrogen) atoms. The lowest BCUT2D eigenvalue weighted by atomic mass is 10.2. The average molecular weight is 371 g/mol. The number of methoxy groups -OCH3 is 1. The molecular formula is C18H17N3O4S. The first-order chi connectivity index (χ1) is 12.5. The molecule has 134 valence electrons. The molecule has 0 radical (unpaired) electrons. The normalized spacial score (nSPS) is 11.3. The molecule has 0 unspecified atom stereocenters. The molecule has 7 nitrogen and oxygen atoms in total. The lowest BCUT2D eigenvalue weighted by molar-refractivity contribution is -0.115. The van der Waals surface area contributed by atoms with E-state index < -0.39 is 22.5 Å². The van der Waals surface area contributed by atoms with Crippen LogP contribution in [0.5, 0.6) is 5.75 Å². The number of nitrogens with zero attached hydrogens (tertiary/aromatic N) is 1. The highest BCUT2D eigenvalue weighted by atomic mass is 32.2. The van der Waals surface area contributed by atoms with Crippen molar-refractivity contribution in [1.82, 2.24) is 9.71 Å². The molecule has 2 N–H and O–H groups in total. The molecule has 3 rings (SSSR count). The first-order valence-electron chi connectivity index (χ1n) is 7.77. The Kier molecular flexibility index (Phi) is 5.15. The van der Waals surface area contributed by atoms with E-state index in [2.05, 4.69) is 15.0 Å². The minimum atomic E-state index is -3.88. The first-order valence-corrected chi connectivity index (χ1v) is 9.25. The van der Waals surface area contributed by atoms with Crippen LogP contribution in [0.4, 0.5) is 5.69 Å². The molecule has 1 aromatic heterocycles. The second-order valence-electron chi connectivity index (χ2n) is 5.43.